The second-order valence-electron chi connectivity index (χ2n) is 6.56. The summed E-state index contributed by atoms with van der Waals surface area (Å²) in [6.45, 7) is 3.82. The molecule has 0 bridgehead atoms. The Labute approximate surface area is 137 Å². The Morgan fingerprint density at radius 3 is 2.78 bits per heavy atom. The number of rotatable bonds is 8. The number of hydrogen-bond donors (Lipinski definition) is 2. The molecule has 1 aromatic carbocycles. The van der Waals surface area contributed by atoms with Gasteiger partial charge in [0.1, 0.15) is 5.75 Å². The van der Waals surface area contributed by atoms with Crippen molar-refractivity contribution in [3.8, 4) is 5.75 Å². The van der Waals surface area contributed by atoms with Crippen molar-refractivity contribution in [2.45, 2.75) is 6.54 Å². The van der Waals surface area contributed by atoms with Gasteiger partial charge in [-0.2, -0.15) is 0 Å². The molecule has 0 aromatic heterocycles. The second kappa shape index (κ2) is 8.29. The van der Waals surface area contributed by atoms with Crippen molar-refractivity contribution < 1.29 is 14.6 Å². The van der Waals surface area contributed by atoms with Gasteiger partial charge in [-0.3, -0.25) is 9.69 Å². The van der Waals surface area contributed by atoms with E-state index in [1.54, 1.807) is 0 Å². The molecule has 1 aromatic rings. The van der Waals surface area contributed by atoms with Crippen LogP contribution < -0.4 is 10.5 Å². The molecule has 6 heteroatoms. The average Bonchev–Trinajstić information content (AvgIpc) is 2.86. The highest BCUT2D eigenvalue weighted by atomic mass is 16.5. The molecule has 0 aliphatic carbocycles. The van der Waals surface area contributed by atoms with Crippen LogP contribution in [0.25, 0.3) is 0 Å². The van der Waals surface area contributed by atoms with E-state index >= 15 is 0 Å². The normalized spacial score (nSPS) is 21.7. The third-order valence-corrected chi connectivity index (χ3v) is 4.17. The van der Waals surface area contributed by atoms with E-state index in [0.717, 1.165) is 31.7 Å². The van der Waals surface area contributed by atoms with Gasteiger partial charge < -0.3 is 20.5 Å². The highest BCUT2D eigenvalue weighted by molar-refractivity contribution is 5.75. The van der Waals surface area contributed by atoms with Gasteiger partial charge in [0.25, 0.3) is 5.91 Å². The van der Waals surface area contributed by atoms with E-state index in [4.69, 9.17) is 10.5 Å². The molecule has 23 heavy (non-hydrogen) atoms. The Kier molecular flexibility index (Phi) is 6.38. The van der Waals surface area contributed by atoms with Crippen molar-refractivity contribution in [1.29, 1.82) is 0 Å². The van der Waals surface area contributed by atoms with Crippen molar-refractivity contribution in [2.24, 2.45) is 17.6 Å². The summed E-state index contributed by atoms with van der Waals surface area (Å²) in [7, 11) is 4.13. The first-order valence-electron chi connectivity index (χ1n) is 7.96. The third kappa shape index (κ3) is 5.49. The molecule has 2 unspecified atom stereocenters. The van der Waals surface area contributed by atoms with Gasteiger partial charge in [-0.25, -0.2) is 0 Å². The predicted octanol–water partition coefficient (Wildman–Crippen LogP) is 0.153. The van der Waals surface area contributed by atoms with Crippen LogP contribution >= 0.6 is 0 Å². The fraction of sp³-hybridized carbons (Fsp3) is 0.588. The van der Waals surface area contributed by atoms with Crippen molar-refractivity contribution in [2.75, 3.05) is 46.9 Å². The van der Waals surface area contributed by atoms with Crippen molar-refractivity contribution >= 4 is 5.91 Å². The Morgan fingerprint density at radius 1 is 1.39 bits per heavy atom. The zero-order chi connectivity index (χ0) is 16.8. The number of carbonyl (C=O) groups is 1. The van der Waals surface area contributed by atoms with Crippen LogP contribution in [-0.2, 0) is 11.3 Å². The zero-order valence-electron chi connectivity index (χ0n) is 13.9. The lowest BCUT2D eigenvalue weighted by Gasteiger charge is -2.20. The monoisotopic (exact) mass is 321 g/mol. The molecule has 1 aliphatic heterocycles. The van der Waals surface area contributed by atoms with Crippen LogP contribution in [0.1, 0.15) is 5.56 Å². The van der Waals surface area contributed by atoms with Gasteiger partial charge in [-0.15, -0.1) is 0 Å². The molecular formula is C17H27N3O3. The topological polar surface area (TPSA) is 79.0 Å². The Bertz CT molecular complexity index is 522. The average molecular weight is 321 g/mol. The molecule has 1 amide bonds. The fourth-order valence-electron chi connectivity index (χ4n) is 3.19. The highest BCUT2D eigenvalue weighted by Crippen LogP contribution is 2.26. The van der Waals surface area contributed by atoms with E-state index in [1.807, 2.05) is 24.3 Å². The number of hydrogen-bond acceptors (Lipinski definition) is 5. The summed E-state index contributed by atoms with van der Waals surface area (Å²) < 4.78 is 5.35. The summed E-state index contributed by atoms with van der Waals surface area (Å²) in [6, 6.07) is 7.73. The molecule has 0 spiro atoms. The van der Waals surface area contributed by atoms with Crippen LogP contribution in [0.3, 0.4) is 0 Å². The summed E-state index contributed by atoms with van der Waals surface area (Å²) in [5.74, 6) is 0.993. The van der Waals surface area contributed by atoms with Gasteiger partial charge in [0, 0.05) is 32.8 Å². The number of carbonyl (C=O) groups excluding carboxylic acids is 1. The van der Waals surface area contributed by atoms with Gasteiger partial charge in [-0.05, 0) is 43.6 Å². The number of amides is 1. The molecular weight excluding hydrogens is 294 g/mol. The minimum absolute atomic E-state index is 0.106. The van der Waals surface area contributed by atoms with Crippen LogP contribution in [0.15, 0.2) is 24.3 Å². The number of aliphatic hydroxyl groups is 1. The van der Waals surface area contributed by atoms with E-state index in [0.29, 0.717) is 17.6 Å². The van der Waals surface area contributed by atoms with Crippen molar-refractivity contribution in [3.63, 3.8) is 0 Å². The molecule has 0 radical (unpaired) electrons. The number of primary amides is 1. The molecule has 6 nitrogen and oxygen atoms in total. The number of likely N-dealkylation sites (tertiary alicyclic amines) is 1. The second-order valence-corrected chi connectivity index (χ2v) is 6.56. The van der Waals surface area contributed by atoms with E-state index in [1.165, 1.54) is 0 Å². The maximum Gasteiger partial charge on any atom is 0.255 e. The molecule has 128 valence electrons. The molecule has 2 atom stereocenters. The first-order chi connectivity index (χ1) is 11.0. The standard InChI is InChI=1S/C17H27N3O3/c1-19(2)8-14-9-20(10-15(14)11-21)7-13-4-3-5-16(6-13)23-12-17(18)22/h3-6,14-15,21H,7-12H2,1-2H3,(H2,18,22). The maximum absolute atomic E-state index is 10.8. The summed E-state index contributed by atoms with van der Waals surface area (Å²) in [6.07, 6.45) is 0. The molecule has 2 rings (SSSR count). The number of nitrogens with two attached hydrogens (primary N) is 1. The van der Waals surface area contributed by atoms with Crippen molar-refractivity contribution in [1.82, 2.24) is 9.80 Å². The van der Waals surface area contributed by atoms with E-state index in [9.17, 15) is 9.90 Å². The maximum atomic E-state index is 10.8. The Morgan fingerprint density at radius 2 is 2.13 bits per heavy atom. The van der Waals surface area contributed by atoms with Crippen LogP contribution in [0.5, 0.6) is 5.75 Å². The third-order valence-electron chi connectivity index (χ3n) is 4.17. The van der Waals surface area contributed by atoms with Crippen LogP contribution in [0.2, 0.25) is 0 Å². The van der Waals surface area contributed by atoms with Crippen LogP contribution in [0, 0.1) is 11.8 Å². The Hall–Kier alpha value is -1.63. The first-order valence-corrected chi connectivity index (χ1v) is 7.96. The minimum Gasteiger partial charge on any atom is -0.484 e. The largest absolute Gasteiger partial charge is 0.484 e. The van der Waals surface area contributed by atoms with Gasteiger partial charge >= 0.3 is 0 Å². The van der Waals surface area contributed by atoms with Gasteiger partial charge in [0.05, 0.1) is 0 Å². The lowest BCUT2D eigenvalue weighted by molar-refractivity contribution is -0.119. The molecule has 1 saturated heterocycles. The fourth-order valence-corrected chi connectivity index (χ4v) is 3.19. The number of benzene rings is 1. The van der Waals surface area contributed by atoms with E-state index in [2.05, 4.69) is 23.9 Å². The highest BCUT2D eigenvalue weighted by Gasteiger charge is 2.32. The molecule has 1 aliphatic rings. The van der Waals surface area contributed by atoms with Crippen molar-refractivity contribution in [3.05, 3.63) is 29.8 Å². The first kappa shape index (κ1) is 17.7. The lowest BCUT2D eigenvalue weighted by atomic mass is 9.97. The van der Waals surface area contributed by atoms with E-state index < -0.39 is 5.91 Å². The minimum atomic E-state index is -0.479. The smallest absolute Gasteiger partial charge is 0.255 e. The lowest BCUT2D eigenvalue weighted by Crippen LogP contribution is -2.28. The summed E-state index contributed by atoms with van der Waals surface area (Å²) in [5, 5.41) is 9.59. The SMILES string of the molecule is CN(C)CC1CN(Cc2cccc(OCC(N)=O)c2)CC1CO. The van der Waals surface area contributed by atoms with Gasteiger partial charge in [0.2, 0.25) is 0 Å². The van der Waals surface area contributed by atoms with Gasteiger partial charge in [-0.1, -0.05) is 12.1 Å². The molecule has 1 heterocycles. The number of ether oxygens (including phenoxy) is 1. The van der Waals surface area contributed by atoms with Gasteiger partial charge in [0.15, 0.2) is 6.61 Å². The summed E-state index contributed by atoms with van der Waals surface area (Å²) >= 11 is 0. The van der Waals surface area contributed by atoms with E-state index in [-0.39, 0.29) is 13.2 Å². The quantitative estimate of drug-likeness (QED) is 0.713. The zero-order valence-corrected chi connectivity index (χ0v) is 13.9. The summed E-state index contributed by atoms with van der Waals surface area (Å²) in [4.78, 5) is 15.3. The molecule has 0 saturated carbocycles. The summed E-state index contributed by atoms with van der Waals surface area (Å²) in [5.41, 5.74) is 6.23. The van der Waals surface area contributed by atoms with Crippen LogP contribution in [0.4, 0.5) is 0 Å². The molecule has 1 fully saturated rings. The molecule has 3 N–H and O–H groups in total. The Balaban J connectivity index is 1.94. The number of aliphatic hydroxyl groups excluding tert-OH is 1. The predicted molar refractivity (Wildman–Crippen MR) is 89.0 cm³/mol. The number of nitrogens with zero attached hydrogens (tertiary/aromatic N) is 2. The van der Waals surface area contributed by atoms with Crippen LogP contribution in [-0.4, -0.2) is 67.8 Å².